The normalized spacial score (nSPS) is 12.5. The highest BCUT2D eigenvalue weighted by molar-refractivity contribution is 5.20. The van der Waals surface area contributed by atoms with Gasteiger partial charge in [0.2, 0.25) is 0 Å². The van der Waals surface area contributed by atoms with Crippen molar-refractivity contribution in [3.8, 4) is 0 Å². The summed E-state index contributed by atoms with van der Waals surface area (Å²) >= 11 is 0. The van der Waals surface area contributed by atoms with Gasteiger partial charge in [0.15, 0.2) is 0 Å². The second-order valence-corrected chi connectivity index (χ2v) is 7.41. The van der Waals surface area contributed by atoms with Gasteiger partial charge in [-0.2, -0.15) is 0 Å². The van der Waals surface area contributed by atoms with E-state index in [0.29, 0.717) is 0 Å². The number of hydrogen-bond acceptors (Lipinski definition) is 0. The molecule has 2 aromatic carbocycles. The van der Waals surface area contributed by atoms with E-state index in [1.165, 1.54) is 62.5 Å². The van der Waals surface area contributed by atoms with Crippen molar-refractivity contribution in [1.82, 2.24) is 0 Å². The smallest absolute Gasteiger partial charge is 0.0139 e. The monoisotopic (exact) mass is 322 g/mol. The Morgan fingerprint density at radius 1 is 0.625 bits per heavy atom. The molecule has 0 bridgehead atoms. The summed E-state index contributed by atoms with van der Waals surface area (Å²) < 4.78 is 0. The summed E-state index contributed by atoms with van der Waals surface area (Å²) in [7, 11) is 0. The van der Waals surface area contributed by atoms with Gasteiger partial charge < -0.3 is 0 Å². The van der Waals surface area contributed by atoms with Crippen LogP contribution in [0.4, 0.5) is 0 Å². The third kappa shape index (κ3) is 6.91. The summed E-state index contributed by atoms with van der Waals surface area (Å²) in [5, 5.41) is 0. The lowest BCUT2D eigenvalue weighted by molar-refractivity contribution is 0.441. The first kappa shape index (κ1) is 18.8. The predicted molar refractivity (Wildman–Crippen MR) is 106 cm³/mol. The molecule has 0 radical (unpaired) electrons. The van der Waals surface area contributed by atoms with E-state index in [0.717, 1.165) is 11.8 Å². The summed E-state index contributed by atoms with van der Waals surface area (Å²) in [6.07, 6.45) is 10.8. The maximum atomic E-state index is 2.36. The van der Waals surface area contributed by atoms with Crippen LogP contribution >= 0.6 is 0 Å². The average Bonchev–Trinajstić information content (AvgIpc) is 2.61. The van der Waals surface area contributed by atoms with Crippen molar-refractivity contribution in [3.05, 3.63) is 71.8 Å². The maximum absolute atomic E-state index is 2.36. The molecule has 0 spiro atoms. The number of unbranched alkanes of at least 4 members (excludes halogenated alkanes) is 5. The molecule has 24 heavy (non-hydrogen) atoms. The van der Waals surface area contributed by atoms with Gasteiger partial charge in [-0.3, -0.25) is 0 Å². The lowest BCUT2D eigenvalue weighted by Crippen LogP contribution is -2.06. The van der Waals surface area contributed by atoms with Crippen molar-refractivity contribution < 1.29 is 0 Å². The topological polar surface area (TPSA) is 0 Å². The van der Waals surface area contributed by atoms with Crippen molar-refractivity contribution in [2.75, 3.05) is 0 Å². The summed E-state index contributed by atoms with van der Waals surface area (Å²) in [4.78, 5) is 0. The first-order valence-electron chi connectivity index (χ1n) is 9.86. The average molecular weight is 323 g/mol. The molecule has 1 atom stereocenters. The van der Waals surface area contributed by atoms with Crippen molar-refractivity contribution in [2.45, 2.75) is 71.1 Å². The van der Waals surface area contributed by atoms with Crippen LogP contribution in [-0.4, -0.2) is 0 Å². The van der Waals surface area contributed by atoms with E-state index in [9.17, 15) is 0 Å². The van der Waals surface area contributed by atoms with Crippen LogP contribution in [0.2, 0.25) is 0 Å². The minimum atomic E-state index is 0.726. The standard InChI is InChI=1S/C24H34/c1-21(2)24(23-18-12-8-13-19-23)20-14-6-4-3-5-9-15-22-16-10-7-11-17-22/h7-8,10-13,16-19,21,24H,3-6,9,14-15,20H2,1-2H3. The molecule has 0 amide bonds. The Morgan fingerprint density at radius 3 is 1.79 bits per heavy atom. The number of hydrogen-bond donors (Lipinski definition) is 0. The molecule has 0 fully saturated rings. The van der Waals surface area contributed by atoms with Crippen LogP contribution in [-0.2, 0) is 6.42 Å². The fraction of sp³-hybridized carbons (Fsp3) is 0.500. The largest absolute Gasteiger partial charge is 0.0622 e. The summed E-state index contributed by atoms with van der Waals surface area (Å²) in [6.45, 7) is 4.72. The Balaban J connectivity index is 1.55. The molecule has 0 aliphatic rings. The van der Waals surface area contributed by atoms with Gasteiger partial charge >= 0.3 is 0 Å². The molecule has 0 heteroatoms. The quantitative estimate of drug-likeness (QED) is 0.378. The second kappa shape index (κ2) is 11.1. The molecule has 2 rings (SSSR count). The molecule has 0 aromatic heterocycles. The van der Waals surface area contributed by atoms with Crippen LogP contribution in [0.3, 0.4) is 0 Å². The molecule has 0 N–H and O–H groups in total. The minimum absolute atomic E-state index is 0.726. The van der Waals surface area contributed by atoms with E-state index in [4.69, 9.17) is 0 Å². The molecule has 0 heterocycles. The van der Waals surface area contributed by atoms with Crippen molar-refractivity contribution in [1.29, 1.82) is 0 Å². The Kier molecular flexibility index (Phi) is 8.66. The SMILES string of the molecule is CC(C)C(CCCCCCCCc1ccccc1)c1ccccc1. The third-order valence-electron chi connectivity index (χ3n) is 5.11. The van der Waals surface area contributed by atoms with Crippen LogP contribution in [0.1, 0.15) is 75.8 Å². The van der Waals surface area contributed by atoms with Crippen LogP contribution in [0.25, 0.3) is 0 Å². The highest BCUT2D eigenvalue weighted by Crippen LogP contribution is 2.29. The number of rotatable bonds is 11. The molecule has 2 aromatic rings. The first-order valence-corrected chi connectivity index (χ1v) is 9.86. The molecule has 0 nitrogen and oxygen atoms in total. The first-order chi connectivity index (χ1) is 11.8. The highest BCUT2D eigenvalue weighted by Gasteiger charge is 2.14. The van der Waals surface area contributed by atoms with Gasteiger partial charge in [0.25, 0.3) is 0 Å². The van der Waals surface area contributed by atoms with E-state index in [-0.39, 0.29) is 0 Å². The van der Waals surface area contributed by atoms with E-state index >= 15 is 0 Å². The molecule has 0 aliphatic carbocycles. The molecule has 0 aliphatic heterocycles. The van der Waals surface area contributed by atoms with E-state index in [1.54, 1.807) is 0 Å². The molecule has 0 saturated heterocycles. The fourth-order valence-corrected chi connectivity index (χ4v) is 3.63. The van der Waals surface area contributed by atoms with Crippen molar-refractivity contribution in [3.63, 3.8) is 0 Å². The zero-order chi connectivity index (χ0) is 17.0. The van der Waals surface area contributed by atoms with Gasteiger partial charge in [0, 0.05) is 0 Å². The molecule has 0 saturated carbocycles. The number of benzene rings is 2. The zero-order valence-corrected chi connectivity index (χ0v) is 15.6. The molecule has 130 valence electrons. The van der Waals surface area contributed by atoms with Gasteiger partial charge in [0.1, 0.15) is 0 Å². The van der Waals surface area contributed by atoms with Gasteiger partial charge in [-0.15, -0.1) is 0 Å². The van der Waals surface area contributed by atoms with Gasteiger partial charge in [-0.05, 0) is 42.2 Å². The van der Waals surface area contributed by atoms with Crippen molar-refractivity contribution in [2.24, 2.45) is 5.92 Å². The van der Waals surface area contributed by atoms with Crippen LogP contribution in [0.5, 0.6) is 0 Å². The molecular weight excluding hydrogens is 288 g/mol. The van der Waals surface area contributed by atoms with Gasteiger partial charge in [-0.25, -0.2) is 0 Å². The third-order valence-corrected chi connectivity index (χ3v) is 5.11. The van der Waals surface area contributed by atoms with Crippen LogP contribution in [0, 0.1) is 5.92 Å². The molecular formula is C24H34. The van der Waals surface area contributed by atoms with Gasteiger partial charge in [-0.1, -0.05) is 107 Å². The number of aryl methyl sites for hydroxylation is 1. The van der Waals surface area contributed by atoms with E-state index in [2.05, 4.69) is 74.5 Å². The highest BCUT2D eigenvalue weighted by atomic mass is 14.2. The van der Waals surface area contributed by atoms with Crippen LogP contribution < -0.4 is 0 Å². The fourth-order valence-electron chi connectivity index (χ4n) is 3.63. The van der Waals surface area contributed by atoms with Gasteiger partial charge in [0.05, 0.1) is 0 Å². The summed E-state index contributed by atoms with van der Waals surface area (Å²) in [5.41, 5.74) is 3.01. The zero-order valence-electron chi connectivity index (χ0n) is 15.6. The van der Waals surface area contributed by atoms with E-state index < -0.39 is 0 Å². The Hall–Kier alpha value is -1.56. The minimum Gasteiger partial charge on any atom is -0.0622 e. The predicted octanol–water partition coefficient (Wildman–Crippen LogP) is 7.40. The summed E-state index contributed by atoms with van der Waals surface area (Å²) in [6, 6.07) is 22.0. The Bertz CT molecular complexity index is 526. The molecule has 1 unspecified atom stereocenters. The lowest BCUT2D eigenvalue weighted by atomic mass is 9.84. The second-order valence-electron chi connectivity index (χ2n) is 7.41. The summed E-state index contributed by atoms with van der Waals surface area (Å²) in [5.74, 6) is 1.46. The van der Waals surface area contributed by atoms with Crippen LogP contribution in [0.15, 0.2) is 60.7 Å². The van der Waals surface area contributed by atoms with Crippen molar-refractivity contribution >= 4 is 0 Å². The Labute approximate surface area is 149 Å². The van der Waals surface area contributed by atoms with E-state index in [1.807, 2.05) is 0 Å². The lowest BCUT2D eigenvalue weighted by Gasteiger charge is -2.21. The maximum Gasteiger partial charge on any atom is -0.0139 e. The Morgan fingerprint density at radius 2 is 1.17 bits per heavy atom.